The molecule has 3 aliphatic rings. The molecular weight excluding hydrogens is 701 g/mol. The van der Waals surface area contributed by atoms with Crippen LogP contribution < -0.4 is 15.8 Å². The highest BCUT2D eigenvalue weighted by Gasteiger charge is 2.38. The summed E-state index contributed by atoms with van der Waals surface area (Å²) in [4.78, 5) is 57.8. The Morgan fingerprint density at radius 2 is 1.91 bits per heavy atom. The van der Waals surface area contributed by atoms with Gasteiger partial charge in [0.1, 0.15) is 30.0 Å². The summed E-state index contributed by atoms with van der Waals surface area (Å²) in [6.45, 7) is 8.75. The van der Waals surface area contributed by atoms with Crippen molar-refractivity contribution in [1.82, 2.24) is 35.1 Å². The zero-order chi connectivity index (χ0) is 38.8. The Kier molecular flexibility index (Phi) is 11.1. The van der Waals surface area contributed by atoms with E-state index in [4.69, 9.17) is 24.9 Å². The van der Waals surface area contributed by atoms with Gasteiger partial charge in [-0.05, 0) is 78.1 Å². The van der Waals surface area contributed by atoms with Gasteiger partial charge in [-0.2, -0.15) is 0 Å². The van der Waals surface area contributed by atoms with Crippen LogP contribution in [0.5, 0.6) is 5.75 Å². The number of carbonyl (C=O) groups is 3. The molecule has 0 saturated carbocycles. The van der Waals surface area contributed by atoms with Crippen molar-refractivity contribution in [2.45, 2.75) is 64.8 Å². The molecule has 0 bridgehead atoms. The number of fused-ring (bicyclic) bond motifs is 6. The molecule has 5 heterocycles. The molecule has 5 aromatic rings. The van der Waals surface area contributed by atoms with Crippen LogP contribution in [0.3, 0.4) is 0 Å². The molecule has 3 aliphatic heterocycles. The van der Waals surface area contributed by atoms with E-state index in [1.807, 2.05) is 37.9 Å². The van der Waals surface area contributed by atoms with E-state index < -0.39 is 12.1 Å². The van der Waals surface area contributed by atoms with Crippen LogP contribution in [0.4, 0.5) is 4.79 Å². The predicted octanol–water partition coefficient (Wildman–Crippen LogP) is 5.84. The number of benzene rings is 3. The fraction of sp³-hybridized carbons (Fsp3) is 0.439. The van der Waals surface area contributed by atoms with Gasteiger partial charge in [0.05, 0.1) is 48.7 Å². The molecule has 0 spiro atoms. The van der Waals surface area contributed by atoms with Crippen LogP contribution in [0.25, 0.3) is 44.2 Å². The lowest BCUT2D eigenvalue weighted by molar-refractivity contribution is -0.135. The summed E-state index contributed by atoms with van der Waals surface area (Å²) in [6.07, 6.45) is 4.54. The fourth-order valence-corrected chi connectivity index (χ4v) is 8.17. The molecule has 0 radical (unpaired) electrons. The number of likely N-dealkylation sites (tertiary alicyclic amines) is 2. The molecule has 290 valence electrons. The minimum absolute atomic E-state index is 0.100. The molecule has 0 aliphatic carbocycles. The van der Waals surface area contributed by atoms with Crippen molar-refractivity contribution in [3.63, 3.8) is 0 Å². The standard InChI is InChI=1S/C39H43N7O6.C2H7N/c1-21(2)34(44-39(49)51-4)38(48)46-11-5-6-31(46)37-41-29-10-8-23-14-28-26-9-7-24(13-25(26)19-52-33(28)15-27(23)35(29)43-37)30-16-40-36(42-30)32-12-22(18-50-3)17-45(32)20-47;1-2-3/h7-10,13-16,20-22,31-32,34H,5-6,11-12,17-19H2,1-4H3,(H,40,42)(H,41,43)(H,44,49);2-3H2,1H3. The first-order valence-electron chi connectivity index (χ1n) is 19.0. The lowest BCUT2D eigenvalue weighted by atomic mass is 9.92. The van der Waals surface area contributed by atoms with Crippen LogP contribution in [0.2, 0.25) is 0 Å². The summed E-state index contributed by atoms with van der Waals surface area (Å²) >= 11 is 0. The Morgan fingerprint density at radius 1 is 1.09 bits per heavy atom. The maximum Gasteiger partial charge on any atom is 0.407 e. The van der Waals surface area contributed by atoms with Crippen molar-refractivity contribution >= 4 is 40.2 Å². The fourth-order valence-electron chi connectivity index (χ4n) is 8.17. The van der Waals surface area contributed by atoms with Crippen molar-refractivity contribution in [3.8, 4) is 28.1 Å². The number of hydrogen-bond donors (Lipinski definition) is 4. The van der Waals surface area contributed by atoms with Gasteiger partial charge in [-0.1, -0.05) is 39.0 Å². The molecule has 2 saturated heterocycles. The number of ether oxygens (including phenoxy) is 3. The highest BCUT2D eigenvalue weighted by atomic mass is 16.5. The quantitative estimate of drug-likeness (QED) is 0.135. The van der Waals surface area contributed by atoms with E-state index in [-0.39, 0.29) is 29.8 Å². The normalized spacial score (nSPS) is 19.4. The molecular formula is C41H50N8O6. The second kappa shape index (κ2) is 16.1. The van der Waals surface area contributed by atoms with Crippen LogP contribution in [-0.4, -0.2) is 94.6 Å². The third kappa shape index (κ3) is 7.35. The van der Waals surface area contributed by atoms with Gasteiger partial charge in [0, 0.05) is 37.1 Å². The number of nitrogens with one attached hydrogen (secondary N) is 3. The first-order valence-corrected chi connectivity index (χ1v) is 19.0. The monoisotopic (exact) mass is 750 g/mol. The highest BCUT2D eigenvalue weighted by Crippen LogP contribution is 2.43. The zero-order valence-electron chi connectivity index (χ0n) is 32.1. The largest absolute Gasteiger partial charge is 0.488 e. The van der Waals surface area contributed by atoms with Gasteiger partial charge in [0.15, 0.2) is 0 Å². The van der Waals surface area contributed by atoms with Crippen molar-refractivity contribution in [2.75, 3.05) is 40.5 Å². The van der Waals surface area contributed by atoms with Gasteiger partial charge in [0.25, 0.3) is 0 Å². The van der Waals surface area contributed by atoms with Crippen molar-refractivity contribution in [1.29, 1.82) is 0 Å². The van der Waals surface area contributed by atoms with Crippen LogP contribution >= 0.6 is 0 Å². The van der Waals surface area contributed by atoms with Crippen molar-refractivity contribution < 1.29 is 28.6 Å². The Bertz CT molecular complexity index is 2200. The molecule has 2 fully saturated rings. The second-order valence-corrected chi connectivity index (χ2v) is 14.8. The number of amides is 3. The molecule has 14 nitrogen and oxygen atoms in total. The van der Waals surface area contributed by atoms with Gasteiger partial charge < -0.3 is 45.0 Å². The van der Waals surface area contributed by atoms with Gasteiger partial charge in [-0.3, -0.25) is 9.59 Å². The first-order chi connectivity index (χ1) is 26.7. The lowest BCUT2D eigenvalue weighted by Crippen LogP contribution is -2.51. The van der Waals surface area contributed by atoms with E-state index in [0.717, 1.165) is 99.4 Å². The van der Waals surface area contributed by atoms with E-state index in [1.165, 1.54) is 7.11 Å². The third-order valence-electron chi connectivity index (χ3n) is 10.8. The number of nitrogens with two attached hydrogens (primary N) is 1. The number of hydrogen-bond acceptors (Lipinski definition) is 9. The number of H-pyrrole nitrogens is 2. The zero-order valence-corrected chi connectivity index (χ0v) is 32.1. The van der Waals surface area contributed by atoms with Gasteiger partial charge in [-0.15, -0.1) is 0 Å². The number of nitrogens with zero attached hydrogens (tertiary/aromatic N) is 4. The summed E-state index contributed by atoms with van der Waals surface area (Å²) < 4.78 is 16.5. The summed E-state index contributed by atoms with van der Waals surface area (Å²) in [5.41, 5.74) is 11.7. The van der Waals surface area contributed by atoms with E-state index in [0.29, 0.717) is 26.3 Å². The molecule has 14 heteroatoms. The third-order valence-corrected chi connectivity index (χ3v) is 10.8. The number of aromatic nitrogens is 4. The van der Waals surface area contributed by atoms with E-state index >= 15 is 0 Å². The van der Waals surface area contributed by atoms with E-state index in [9.17, 15) is 14.4 Å². The second-order valence-electron chi connectivity index (χ2n) is 14.8. The number of aromatic amines is 2. The highest BCUT2D eigenvalue weighted by molar-refractivity contribution is 6.07. The molecule has 4 unspecified atom stereocenters. The summed E-state index contributed by atoms with van der Waals surface area (Å²) in [6, 6.07) is 13.7. The van der Waals surface area contributed by atoms with Gasteiger partial charge in [0.2, 0.25) is 12.3 Å². The van der Waals surface area contributed by atoms with Crippen LogP contribution in [-0.2, 0) is 25.7 Å². The van der Waals surface area contributed by atoms with Crippen LogP contribution in [0.1, 0.15) is 69.3 Å². The van der Waals surface area contributed by atoms with E-state index in [1.54, 1.807) is 12.0 Å². The summed E-state index contributed by atoms with van der Waals surface area (Å²) in [5, 5.41) is 4.72. The molecule has 5 N–H and O–H groups in total. The van der Waals surface area contributed by atoms with Crippen molar-refractivity contribution in [3.05, 3.63) is 65.9 Å². The van der Waals surface area contributed by atoms with Crippen LogP contribution in [0, 0.1) is 11.8 Å². The minimum atomic E-state index is -0.696. The van der Waals surface area contributed by atoms with Gasteiger partial charge >= 0.3 is 6.09 Å². The summed E-state index contributed by atoms with van der Waals surface area (Å²) in [5.74, 6) is 2.34. The molecule has 3 aromatic carbocycles. The number of alkyl carbamates (subject to hydrolysis) is 1. The van der Waals surface area contributed by atoms with Crippen LogP contribution in [0.15, 0.2) is 48.7 Å². The number of carbonyl (C=O) groups excluding carboxylic acids is 3. The minimum Gasteiger partial charge on any atom is -0.488 e. The maximum atomic E-state index is 13.7. The van der Waals surface area contributed by atoms with E-state index in [2.05, 4.69) is 56.7 Å². The first kappa shape index (κ1) is 37.8. The number of methoxy groups -OCH3 is 2. The van der Waals surface area contributed by atoms with Crippen molar-refractivity contribution in [2.24, 2.45) is 17.6 Å². The Hall–Kier alpha value is -5.47. The Labute approximate surface area is 320 Å². The SMILES string of the molecule is CCN.COCC1CC(c2ncc(-c3ccc4c(c3)COc3cc5c(ccc6[nH]c(C7CCCN7C(=O)C(NC(=O)OC)C(C)C)nc65)cc3-4)[nH]2)N(C=O)C1. The summed E-state index contributed by atoms with van der Waals surface area (Å²) in [7, 11) is 2.98. The molecule has 4 atom stereocenters. The Morgan fingerprint density at radius 3 is 2.65 bits per heavy atom. The molecule has 8 rings (SSSR count). The average molecular weight is 751 g/mol. The topological polar surface area (TPSA) is 181 Å². The predicted molar refractivity (Wildman–Crippen MR) is 209 cm³/mol. The average Bonchev–Trinajstić information content (AvgIpc) is 4.02. The number of rotatable bonds is 9. The van der Waals surface area contributed by atoms with Gasteiger partial charge in [-0.25, -0.2) is 14.8 Å². The number of imidazole rings is 2. The molecule has 3 amide bonds. The molecule has 55 heavy (non-hydrogen) atoms. The Balaban J connectivity index is 0.00000150. The smallest absolute Gasteiger partial charge is 0.407 e. The maximum absolute atomic E-state index is 13.7. The molecule has 2 aromatic heterocycles. The lowest BCUT2D eigenvalue weighted by Gasteiger charge is -2.29.